The van der Waals surface area contributed by atoms with Crippen molar-refractivity contribution in [2.75, 3.05) is 0 Å². The highest BCUT2D eigenvalue weighted by atomic mass is 32.1. The van der Waals surface area contributed by atoms with Crippen LogP contribution >= 0.6 is 11.3 Å². The van der Waals surface area contributed by atoms with Crippen LogP contribution < -0.4 is 4.74 Å². The van der Waals surface area contributed by atoms with Gasteiger partial charge in [0.2, 0.25) is 0 Å². The molecule has 1 aromatic carbocycles. The summed E-state index contributed by atoms with van der Waals surface area (Å²) in [6.07, 6.45) is 2.01. The molecule has 0 saturated heterocycles. The van der Waals surface area contributed by atoms with E-state index in [4.69, 9.17) is 9.84 Å². The molecule has 2 aromatic rings. The van der Waals surface area contributed by atoms with Gasteiger partial charge in [0.15, 0.2) is 0 Å². The van der Waals surface area contributed by atoms with E-state index in [1.54, 1.807) is 29.5 Å². The quantitative estimate of drug-likeness (QED) is 0.907. The first-order valence-corrected chi connectivity index (χ1v) is 6.88. The smallest absolute Gasteiger partial charge is 0.335 e. The van der Waals surface area contributed by atoms with E-state index in [-0.39, 0.29) is 11.7 Å². The van der Waals surface area contributed by atoms with Crippen molar-refractivity contribution in [1.82, 2.24) is 0 Å². The highest BCUT2D eigenvalue weighted by Crippen LogP contribution is 2.37. The standard InChI is InChI=1S/C15H12O3S/c1-9-6-12(11-4-5-19-8-11)13-7-10(15(16)17)2-3-14(13)18-9/h2-9H,1H3,(H,16,17). The molecule has 0 aliphatic carbocycles. The summed E-state index contributed by atoms with van der Waals surface area (Å²) in [5, 5.41) is 13.2. The van der Waals surface area contributed by atoms with E-state index in [2.05, 4.69) is 5.38 Å². The Hall–Kier alpha value is -2.07. The predicted octanol–water partition coefficient (Wildman–Crippen LogP) is 3.66. The van der Waals surface area contributed by atoms with Crippen LogP contribution in [0.15, 0.2) is 41.1 Å². The van der Waals surface area contributed by atoms with Crippen molar-refractivity contribution >= 4 is 22.9 Å². The van der Waals surface area contributed by atoms with Gasteiger partial charge in [-0.25, -0.2) is 4.79 Å². The molecule has 0 radical (unpaired) electrons. The molecule has 0 spiro atoms. The van der Waals surface area contributed by atoms with Crippen LogP contribution in [0.3, 0.4) is 0 Å². The third-order valence-electron chi connectivity index (χ3n) is 3.06. The zero-order valence-corrected chi connectivity index (χ0v) is 11.1. The molecule has 0 amide bonds. The fraction of sp³-hybridized carbons (Fsp3) is 0.133. The van der Waals surface area contributed by atoms with E-state index < -0.39 is 5.97 Å². The third kappa shape index (κ3) is 2.15. The van der Waals surface area contributed by atoms with Crippen LogP contribution in [0.1, 0.15) is 28.4 Å². The summed E-state index contributed by atoms with van der Waals surface area (Å²) in [4.78, 5) is 11.1. The normalized spacial score (nSPS) is 17.3. The molecule has 1 aliphatic heterocycles. The molecule has 0 saturated carbocycles. The van der Waals surface area contributed by atoms with E-state index in [9.17, 15) is 4.79 Å². The van der Waals surface area contributed by atoms with E-state index in [1.807, 2.05) is 24.4 Å². The van der Waals surface area contributed by atoms with Crippen LogP contribution in [0.4, 0.5) is 0 Å². The van der Waals surface area contributed by atoms with E-state index in [1.165, 1.54) is 0 Å². The highest BCUT2D eigenvalue weighted by Gasteiger charge is 2.21. The Bertz CT molecular complexity index is 656. The zero-order valence-electron chi connectivity index (χ0n) is 10.3. The van der Waals surface area contributed by atoms with Crippen molar-refractivity contribution in [2.45, 2.75) is 13.0 Å². The van der Waals surface area contributed by atoms with Crippen LogP contribution in [0.25, 0.3) is 5.57 Å². The fourth-order valence-electron chi connectivity index (χ4n) is 2.20. The molecule has 96 valence electrons. The van der Waals surface area contributed by atoms with Gasteiger partial charge in [-0.15, -0.1) is 0 Å². The predicted molar refractivity (Wildman–Crippen MR) is 74.9 cm³/mol. The number of thiophene rings is 1. The lowest BCUT2D eigenvalue weighted by Gasteiger charge is -2.23. The summed E-state index contributed by atoms with van der Waals surface area (Å²) in [5.41, 5.74) is 3.26. The van der Waals surface area contributed by atoms with Gasteiger partial charge in [-0.1, -0.05) is 0 Å². The highest BCUT2D eigenvalue weighted by molar-refractivity contribution is 7.08. The Kier molecular flexibility index (Phi) is 2.87. The maximum atomic E-state index is 11.1. The molecule has 19 heavy (non-hydrogen) atoms. The van der Waals surface area contributed by atoms with Gasteiger partial charge in [0.05, 0.1) is 5.56 Å². The first-order valence-electron chi connectivity index (χ1n) is 5.94. The second kappa shape index (κ2) is 4.55. The van der Waals surface area contributed by atoms with Crippen LogP contribution in [-0.2, 0) is 0 Å². The summed E-state index contributed by atoms with van der Waals surface area (Å²) in [6.45, 7) is 1.97. The first kappa shape index (κ1) is 12.0. The molecule has 0 bridgehead atoms. The minimum atomic E-state index is -0.925. The lowest BCUT2D eigenvalue weighted by Crippen LogP contribution is -2.15. The summed E-state index contributed by atoms with van der Waals surface area (Å²) < 4.78 is 5.73. The van der Waals surface area contributed by atoms with Gasteiger partial charge in [0.1, 0.15) is 11.9 Å². The lowest BCUT2D eigenvalue weighted by atomic mass is 9.94. The maximum Gasteiger partial charge on any atom is 0.335 e. The number of carbonyl (C=O) groups is 1. The molecule has 1 aromatic heterocycles. The summed E-state index contributed by atoms with van der Waals surface area (Å²) in [6, 6.07) is 7.01. The van der Waals surface area contributed by atoms with Gasteiger partial charge in [-0.2, -0.15) is 11.3 Å². The topological polar surface area (TPSA) is 46.5 Å². The first-order chi connectivity index (χ1) is 9.15. The second-order valence-electron chi connectivity index (χ2n) is 4.43. The van der Waals surface area contributed by atoms with E-state index in [0.717, 1.165) is 22.4 Å². The molecule has 1 atom stereocenters. The van der Waals surface area contributed by atoms with Crippen molar-refractivity contribution in [3.8, 4) is 5.75 Å². The Morgan fingerprint density at radius 2 is 2.21 bits per heavy atom. The number of rotatable bonds is 2. The molecular weight excluding hydrogens is 260 g/mol. The number of carboxylic acid groups (broad SMARTS) is 1. The summed E-state index contributed by atoms with van der Waals surface area (Å²) in [7, 11) is 0. The van der Waals surface area contributed by atoms with Crippen molar-refractivity contribution < 1.29 is 14.6 Å². The summed E-state index contributed by atoms with van der Waals surface area (Å²) >= 11 is 1.62. The molecule has 4 heteroatoms. The van der Waals surface area contributed by atoms with Gasteiger partial charge in [-0.05, 0) is 59.2 Å². The Balaban J connectivity index is 2.16. The molecule has 1 aliphatic rings. The number of fused-ring (bicyclic) bond motifs is 1. The largest absolute Gasteiger partial charge is 0.486 e. The molecule has 2 heterocycles. The Morgan fingerprint density at radius 3 is 2.89 bits per heavy atom. The van der Waals surface area contributed by atoms with Crippen LogP contribution in [0, 0.1) is 0 Å². The van der Waals surface area contributed by atoms with E-state index in [0.29, 0.717) is 0 Å². The SMILES string of the molecule is CC1C=C(c2ccsc2)c2cc(C(=O)O)ccc2O1. The van der Waals surface area contributed by atoms with Gasteiger partial charge < -0.3 is 9.84 Å². The molecule has 3 rings (SSSR count). The average molecular weight is 272 g/mol. The van der Waals surface area contributed by atoms with Crippen LogP contribution in [0.2, 0.25) is 0 Å². The van der Waals surface area contributed by atoms with Crippen LogP contribution in [-0.4, -0.2) is 17.2 Å². The monoisotopic (exact) mass is 272 g/mol. The Labute approximate surface area is 114 Å². The minimum absolute atomic E-state index is 0.0157. The molecule has 1 N–H and O–H groups in total. The number of aromatic carboxylic acids is 1. The molecule has 3 nitrogen and oxygen atoms in total. The number of hydrogen-bond acceptors (Lipinski definition) is 3. The average Bonchev–Trinajstić information content (AvgIpc) is 2.90. The van der Waals surface area contributed by atoms with Crippen molar-refractivity contribution in [2.24, 2.45) is 0 Å². The van der Waals surface area contributed by atoms with Gasteiger partial charge in [-0.3, -0.25) is 0 Å². The molecular formula is C15H12O3S. The number of ether oxygens (including phenoxy) is 1. The van der Waals surface area contributed by atoms with Crippen molar-refractivity contribution in [3.63, 3.8) is 0 Å². The number of carboxylic acids is 1. The third-order valence-corrected chi connectivity index (χ3v) is 3.75. The van der Waals surface area contributed by atoms with Crippen molar-refractivity contribution in [1.29, 1.82) is 0 Å². The van der Waals surface area contributed by atoms with E-state index >= 15 is 0 Å². The van der Waals surface area contributed by atoms with Crippen LogP contribution in [0.5, 0.6) is 5.75 Å². The molecule has 0 fully saturated rings. The second-order valence-corrected chi connectivity index (χ2v) is 5.21. The lowest BCUT2D eigenvalue weighted by molar-refractivity contribution is 0.0697. The Morgan fingerprint density at radius 1 is 1.37 bits per heavy atom. The fourth-order valence-corrected chi connectivity index (χ4v) is 2.86. The summed E-state index contributed by atoms with van der Waals surface area (Å²) in [5.74, 6) is -0.188. The van der Waals surface area contributed by atoms with Gasteiger partial charge in [0, 0.05) is 5.56 Å². The zero-order chi connectivity index (χ0) is 13.4. The number of benzene rings is 1. The van der Waals surface area contributed by atoms with Crippen molar-refractivity contribution in [3.05, 3.63) is 57.8 Å². The maximum absolute atomic E-state index is 11.1. The van der Waals surface area contributed by atoms with Gasteiger partial charge in [0.25, 0.3) is 0 Å². The minimum Gasteiger partial charge on any atom is -0.486 e. The van der Waals surface area contributed by atoms with Gasteiger partial charge >= 0.3 is 5.97 Å². The molecule has 1 unspecified atom stereocenters. The number of hydrogen-bond donors (Lipinski definition) is 1.